The van der Waals surface area contributed by atoms with E-state index in [9.17, 15) is 14.9 Å². The maximum absolute atomic E-state index is 12.6. The van der Waals surface area contributed by atoms with Gasteiger partial charge >= 0.3 is 0 Å². The Balaban J connectivity index is 1.85. The van der Waals surface area contributed by atoms with Crippen molar-refractivity contribution < 1.29 is 9.72 Å². The van der Waals surface area contributed by atoms with Crippen molar-refractivity contribution in [2.45, 2.75) is 12.3 Å². The molecule has 0 amide bonds. The Kier molecular flexibility index (Phi) is 4.66. The molecule has 4 nitrogen and oxygen atoms in total. The fraction of sp³-hybridized carbons (Fsp3) is 0.150. The molecule has 0 fully saturated rings. The Labute approximate surface area is 139 Å². The molecule has 0 bridgehead atoms. The molecular weight excluding hydrogens is 302 g/mol. The first-order chi connectivity index (χ1) is 11.6. The number of ketones is 1. The van der Waals surface area contributed by atoms with Crippen molar-refractivity contribution in [2.75, 3.05) is 6.54 Å². The van der Waals surface area contributed by atoms with Crippen molar-refractivity contribution in [3.63, 3.8) is 0 Å². The van der Waals surface area contributed by atoms with Gasteiger partial charge in [0.2, 0.25) is 6.54 Å². The van der Waals surface area contributed by atoms with E-state index in [1.54, 1.807) is 6.07 Å². The molecule has 0 aliphatic heterocycles. The minimum absolute atomic E-state index is 0.0727. The summed E-state index contributed by atoms with van der Waals surface area (Å²) in [6.45, 7) is -0.247. The maximum Gasteiger partial charge on any atom is 0.211 e. The molecule has 3 aromatic carbocycles. The first kappa shape index (κ1) is 15.9. The van der Waals surface area contributed by atoms with E-state index < -0.39 is 5.92 Å². The van der Waals surface area contributed by atoms with Crippen LogP contribution in [0.15, 0.2) is 72.8 Å². The average molecular weight is 319 g/mol. The Morgan fingerprint density at radius 1 is 0.917 bits per heavy atom. The third-order valence-corrected chi connectivity index (χ3v) is 4.14. The smallest absolute Gasteiger partial charge is 0.211 e. The zero-order valence-electron chi connectivity index (χ0n) is 13.1. The van der Waals surface area contributed by atoms with Crippen LogP contribution in [0.2, 0.25) is 0 Å². The quantitative estimate of drug-likeness (QED) is 0.382. The molecular formula is C20H17NO3. The van der Waals surface area contributed by atoms with E-state index >= 15 is 0 Å². The summed E-state index contributed by atoms with van der Waals surface area (Å²) in [6.07, 6.45) is 0.128. The van der Waals surface area contributed by atoms with Crippen LogP contribution in [0, 0.1) is 10.1 Å². The van der Waals surface area contributed by atoms with Crippen molar-refractivity contribution in [3.05, 3.63) is 94.0 Å². The predicted octanol–water partition coefficient (Wildman–Crippen LogP) is 4.47. The van der Waals surface area contributed by atoms with E-state index in [-0.39, 0.29) is 23.7 Å². The van der Waals surface area contributed by atoms with Crippen LogP contribution in [0.25, 0.3) is 10.8 Å². The van der Waals surface area contributed by atoms with Crippen molar-refractivity contribution >= 4 is 16.6 Å². The van der Waals surface area contributed by atoms with Crippen LogP contribution in [0.4, 0.5) is 0 Å². The fourth-order valence-electron chi connectivity index (χ4n) is 2.90. The van der Waals surface area contributed by atoms with Crippen LogP contribution in [0.3, 0.4) is 0 Å². The van der Waals surface area contributed by atoms with Crippen LogP contribution in [0.5, 0.6) is 0 Å². The molecule has 0 radical (unpaired) electrons. The standard InChI is InChI=1S/C20H17NO3/c22-20(18-11-10-16-8-4-5-9-17(16)12-18)13-19(14-21(23)24)15-6-2-1-3-7-15/h1-12,19H,13-14H2. The number of nitrogens with zero attached hydrogens (tertiary/aromatic N) is 1. The number of Topliss-reactive ketones (excluding diaryl/α,β-unsaturated/α-hetero) is 1. The number of hydrogen-bond donors (Lipinski definition) is 0. The monoisotopic (exact) mass is 319 g/mol. The lowest BCUT2D eigenvalue weighted by molar-refractivity contribution is -0.483. The molecule has 1 atom stereocenters. The Hall–Kier alpha value is -3.01. The molecule has 1 unspecified atom stereocenters. The maximum atomic E-state index is 12.6. The second-order valence-corrected chi connectivity index (χ2v) is 5.81. The third kappa shape index (κ3) is 3.66. The number of hydrogen-bond acceptors (Lipinski definition) is 3. The molecule has 0 saturated carbocycles. The highest BCUT2D eigenvalue weighted by atomic mass is 16.6. The third-order valence-electron chi connectivity index (χ3n) is 4.14. The largest absolute Gasteiger partial charge is 0.294 e. The molecule has 0 spiro atoms. The molecule has 0 heterocycles. The second kappa shape index (κ2) is 7.04. The number of carbonyl (C=O) groups is 1. The molecule has 0 N–H and O–H groups in total. The number of carbonyl (C=O) groups excluding carboxylic acids is 1. The summed E-state index contributed by atoms with van der Waals surface area (Å²) in [5.74, 6) is -0.489. The van der Waals surface area contributed by atoms with Gasteiger partial charge in [0.1, 0.15) is 0 Å². The summed E-state index contributed by atoms with van der Waals surface area (Å²) in [5, 5.41) is 13.0. The van der Waals surface area contributed by atoms with Gasteiger partial charge in [-0.25, -0.2) is 0 Å². The van der Waals surface area contributed by atoms with E-state index in [0.717, 1.165) is 16.3 Å². The molecule has 0 aliphatic carbocycles. The highest BCUT2D eigenvalue weighted by Crippen LogP contribution is 2.24. The highest BCUT2D eigenvalue weighted by Gasteiger charge is 2.22. The Morgan fingerprint density at radius 3 is 2.29 bits per heavy atom. The van der Waals surface area contributed by atoms with Crippen molar-refractivity contribution in [2.24, 2.45) is 0 Å². The number of nitro groups is 1. The minimum atomic E-state index is -0.417. The lowest BCUT2D eigenvalue weighted by Gasteiger charge is -2.13. The van der Waals surface area contributed by atoms with E-state index in [1.165, 1.54) is 0 Å². The first-order valence-corrected chi connectivity index (χ1v) is 7.82. The summed E-state index contributed by atoms with van der Waals surface area (Å²) in [7, 11) is 0. The van der Waals surface area contributed by atoms with Gasteiger partial charge < -0.3 is 0 Å². The molecule has 0 saturated heterocycles. The van der Waals surface area contributed by atoms with Crippen LogP contribution in [-0.4, -0.2) is 17.3 Å². The van der Waals surface area contributed by atoms with Gasteiger partial charge in [-0.2, -0.15) is 0 Å². The molecule has 24 heavy (non-hydrogen) atoms. The highest BCUT2D eigenvalue weighted by molar-refractivity contribution is 6.00. The lowest BCUT2D eigenvalue weighted by Crippen LogP contribution is -2.16. The summed E-state index contributed by atoms with van der Waals surface area (Å²) >= 11 is 0. The zero-order valence-corrected chi connectivity index (χ0v) is 13.1. The summed E-state index contributed by atoms with van der Waals surface area (Å²) in [5.41, 5.74) is 1.42. The summed E-state index contributed by atoms with van der Waals surface area (Å²) < 4.78 is 0. The summed E-state index contributed by atoms with van der Waals surface area (Å²) in [4.78, 5) is 23.2. The molecule has 0 aromatic heterocycles. The van der Waals surface area contributed by atoms with Gasteiger partial charge in [-0.05, 0) is 22.4 Å². The Bertz CT molecular complexity index is 874. The molecule has 0 aliphatic rings. The van der Waals surface area contributed by atoms with Gasteiger partial charge in [-0.3, -0.25) is 14.9 Å². The molecule has 4 heteroatoms. The van der Waals surface area contributed by atoms with Gasteiger partial charge in [0.25, 0.3) is 0 Å². The van der Waals surface area contributed by atoms with Crippen molar-refractivity contribution in [3.8, 4) is 0 Å². The van der Waals surface area contributed by atoms with Gasteiger partial charge in [-0.1, -0.05) is 66.7 Å². The van der Waals surface area contributed by atoms with Crippen LogP contribution in [-0.2, 0) is 0 Å². The first-order valence-electron chi connectivity index (χ1n) is 7.82. The SMILES string of the molecule is O=C(CC(C[N+](=O)[O-])c1ccccc1)c1ccc2ccccc2c1. The van der Waals surface area contributed by atoms with Gasteiger partial charge in [0.15, 0.2) is 5.78 Å². The molecule has 3 rings (SSSR count). The zero-order chi connectivity index (χ0) is 16.9. The van der Waals surface area contributed by atoms with Crippen molar-refractivity contribution in [1.29, 1.82) is 0 Å². The molecule has 3 aromatic rings. The average Bonchev–Trinajstić information content (AvgIpc) is 2.61. The minimum Gasteiger partial charge on any atom is -0.294 e. The normalized spacial score (nSPS) is 12.0. The van der Waals surface area contributed by atoms with E-state index in [4.69, 9.17) is 0 Å². The van der Waals surface area contributed by atoms with E-state index in [0.29, 0.717) is 5.56 Å². The fourth-order valence-corrected chi connectivity index (χ4v) is 2.90. The molecule has 120 valence electrons. The van der Waals surface area contributed by atoms with Crippen LogP contribution in [0.1, 0.15) is 28.3 Å². The van der Waals surface area contributed by atoms with E-state index in [1.807, 2.05) is 66.7 Å². The van der Waals surface area contributed by atoms with E-state index in [2.05, 4.69) is 0 Å². The Morgan fingerprint density at radius 2 is 1.58 bits per heavy atom. The van der Waals surface area contributed by atoms with Gasteiger partial charge in [0, 0.05) is 16.9 Å². The van der Waals surface area contributed by atoms with Gasteiger partial charge in [0.05, 0.1) is 5.92 Å². The lowest BCUT2D eigenvalue weighted by atomic mass is 9.91. The second-order valence-electron chi connectivity index (χ2n) is 5.81. The van der Waals surface area contributed by atoms with Crippen LogP contribution >= 0.6 is 0 Å². The van der Waals surface area contributed by atoms with Crippen molar-refractivity contribution in [1.82, 2.24) is 0 Å². The number of fused-ring (bicyclic) bond motifs is 1. The number of benzene rings is 3. The topological polar surface area (TPSA) is 60.2 Å². The summed E-state index contributed by atoms with van der Waals surface area (Å²) in [6, 6.07) is 22.6. The predicted molar refractivity (Wildman–Crippen MR) is 93.9 cm³/mol. The van der Waals surface area contributed by atoms with Crippen LogP contribution < -0.4 is 0 Å². The number of rotatable bonds is 6. The van der Waals surface area contributed by atoms with Gasteiger partial charge in [-0.15, -0.1) is 0 Å².